The fraction of sp³-hybridized carbons (Fsp3) is 0.877. The lowest BCUT2D eigenvalue weighted by atomic mass is 10.0. The minimum Gasteiger partial charge on any atom is -0.462 e. The molecule has 0 fully saturated rings. The van der Waals surface area contributed by atoms with Crippen LogP contribution in [0.3, 0.4) is 0 Å². The van der Waals surface area contributed by atoms with Gasteiger partial charge in [0.1, 0.15) is 13.2 Å². The van der Waals surface area contributed by atoms with Crippen LogP contribution in [-0.2, 0) is 28.6 Å². The van der Waals surface area contributed by atoms with E-state index < -0.39 is 6.10 Å². The van der Waals surface area contributed by atoms with Gasteiger partial charge in [0.25, 0.3) is 0 Å². The molecule has 1 atom stereocenters. The Balaban J connectivity index is 4.24. The molecule has 0 saturated heterocycles. The van der Waals surface area contributed by atoms with E-state index in [9.17, 15) is 14.4 Å². The van der Waals surface area contributed by atoms with E-state index in [1.54, 1.807) is 0 Å². The summed E-state index contributed by atoms with van der Waals surface area (Å²) in [4.78, 5) is 38.0. The van der Waals surface area contributed by atoms with Crippen molar-refractivity contribution in [1.82, 2.24) is 0 Å². The van der Waals surface area contributed by atoms with Gasteiger partial charge in [-0.25, -0.2) is 0 Å². The zero-order valence-electron chi connectivity index (χ0n) is 42.4. The van der Waals surface area contributed by atoms with E-state index in [0.29, 0.717) is 19.3 Å². The number of rotatable bonds is 51. The molecular formula is C57H106O6. The molecule has 0 aromatic rings. The van der Waals surface area contributed by atoms with Crippen molar-refractivity contribution < 1.29 is 28.6 Å². The van der Waals surface area contributed by atoms with Gasteiger partial charge in [-0.05, 0) is 44.9 Å². The van der Waals surface area contributed by atoms with E-state index in [0.717, 1.165) is 70.6 Å². The molecule has 0 N–H and O–H groups in total. The van der Waals surface area contributed by atoms with Crippen LogP contribution in [-0.4, -0.2) is 37.2 Å². The summed E-state index contributed by atoms with van der Waals surface area (Å²) in [6.45, 7) is 6.53. The third-order valence-corrected chi connectivity index (χ3v) is 12.5. The standard InChI is InChI=1S/C57H106O6/c1-4-7-10-13-16-19-21-23-25-27-29-31-33-35-38-41-44-47-50-56(59)62-53-54(52-61-55(58)49-46-43-40-37-18-15-12-9-6-3)63-57(60)51-48-45-42-39-36-34-32-30-28-26-24-22-20-17-14-11-8-5-2/h9,12,18,37,54H,4-8,10-11,13-17,19-36,38-53H2,1-3H3/b12-9-,37-18-. The van der Waals surface area contributed by atoms with Gasteiger partial charge in [-0.15, -0.1) is 0 Å². The van der Waals surface area contributed by atoms with Crippen LogP contribution in [0, 0.1) is 0 Å². The van der Waals surface area contributed by atoms with Gasteiger partial charge in [0, 0.05) is 19.3 Å². The van der Waals surface area contributed by atoms with Crippen molar-refractivity contribution in [2.45, 2.75) is 309 Å². The van der Waals surface area contributed by atoms with Crippen molar-refractivity contribution in [1.29, 1.82) is 0 Å². The van der Waals surface area contributed by atoms with Crippen molar-refractivity contribution in [3.8, 4) is 0 Å². The molecule has 6 heteroatoms. The average molecular weight is 887 g/mol. The fourth-order valence-corrected chi connectivity index (χ4v) is 8.31. The summed E-state index contributed by atoms with van der Waals surface area (Å²) in [5.41, 5.74) is 0. The maximum absolute atomic E-state index is 12.8. The lowest BCUT2D eigenvalue weighted by Crippen LogP contribution is -2.30. The smallest absolute Gasteiger partial charge is 0.306 e. The third-order valence-electron chi connectivity index (χ3n) is 12.5. The average Bonchev–Trinajstić information content (AvgIpc) is 3.28. The van der Waals surface area contributed by atoms with Crippen LogP contribution in [0.2, 0.25) is 0 Å². The first-order chi connectivity index (χ1) is 31.0. The molecule has 0 spiro atoms. The molecule has 0 rings (SSSR count). The summed E-state index contributed by atoms with van der Waals surface area (Å²) in [6.07, 6.45) is 60.5. The summed E-state index contributed by atoms with van der Waals surface area (Å²) in [7, 11) is 0. The quantitative estimate of drug-likeness (QED) is 0.0262. The van der Waals surface area contributed by atoms with E-state index in [2.05, 4.69) is 45.1 Å². The number of carbonyl (C=O) groups is 3. The molecule has 0 aliphatic heterocycles. The van der Waals surface area contributed by atoms with Crippen LogP contribution >= 0.6 is 0 Å². The molecule has 0 heterocycles. The van der Waals surface area contributed by atoms with E-state index in [1.165, 1.54) is 193 Å². The van der Waals surface area contributed by atoms with Crippen molar-refractivity contribution in [2.24, 2.45) is 0 Å². The van der Waals surface area contributed by atoms with Gasteiger partial charge in [0.2, 0.25) is 0 Å². The Morgan fingerprint density at radius 3 is 0.952 bits per heavy atom. The Morgan fingerprint density at radius 2 is 0.619 bits per heavy atom. The summed E-state index contributed by atoms with van der Waals surface area (Å²) in [5, 5.41) is 0. The number of ether oxygens (including phenoxy) is 3. The highest BCUT2D eigenvalue weighted by atomic mass is 16.6. The molecule has 63 heavy (non-hydrogen) atoms. The highest BCUT2D eigenvalue weighted by Crippen LogP contribution is 2.17. The highest BCUT2D eigenvalue weighted by Gasteiger charge is 2.19. The number of hydrogen-bond donors (Lipinski definition) is 0. The van der Waals surface area contributed by atoms with Gasteiger partial charge in [-0.3, -0.25) is 14.4 Å². The first kappa shape index (κ1) is 60.9. The highest BCUT2D eigenvalue weighted by molar-refractivity contribution is 5.71. The molecule has 0 aliphatic carbocycles. The van der Waals surface area contributed by atoms with Crippen LogP contribution in [0.5, 0.6) is 0 Å². The van der Waals surface area contributed by atoms with Crippen molar-refractivity contribution in [2.75, 3.05) is 13.2 Å². The molecule has 0 saturated carbocycles. The number of allylic oxidation sites excluding steroid dienone is 4. The lowest BCUT2D eigenvalue weighted by Gasteiger charge is -2.18. The zero-order valence-corrected chi connectivity index (χ0v) is 42.4. The Kier molecular flexibility index (Phi) is 50.8. The SMILES string of the molecule is CC/C=C\C/C=C\CCCCC(=O)OCC(COC(=O)CCCCCCCCCCCCCCCCCCCC)OC(=O)CCCCCCCCCCCCCCCCCCCC. The maximum atomic E-state index is 12.8. The van der Waals surface area contributed by atoms with Crippen molar-refractivity contribution >= 4 is 17.9 Å². The topological polar surface area (TPSA) is 78.9 Å². The van der Waals surface area contributed by atoms with E-state index in [1.807, 2.05) is 0 Å². The van der Waals surface area contributed by atoms with Crippen LogP contribution in [0.1, 0.15) is 303 Å². The number of unbranched alkanes of at least 4 members (excludes halogenated alkanes) is 36. The van der Waals surface area contributed by atoms with Gasteiger partial charge < -0.3 is 14.2 Å². The Hall–Kier alpha value is -2.11. The second-order valence-corrected chi connectivity index (χ2v) is 18.8. The monoisotopic (exact) mass is 887 g/mol. The van der Waals surface area contributed by atoms with Gasteiger partial charge in [-0.1, -0.05) is 263 Å². The Morgan fingerprint density at radius 1 is 0.333 bits per heavy atom. The Labute approximate surface area is 392 Å². The van der Waals surface area contributed by atoms with Gasteiger partial charge in [0.15, 0.2) is 6.10 Å². The molecule has 370 valence electrons. The predicted octanol–water partition coefficient (Wildman–Crippen LogP) is 18.3. The van der Waals surface area contributed by atoms with E-state index >= 15 is 0 Å². The number of carbonyl (C=O) groups excluding carboxylic acids is 3. The predicted molar refractivity (Wildman–Crippen MR) is 270 cm³/mol. The first-order valence-corrected chi connectivity index (χ1v) is 27.8. The minimum atomic E-state index is -0.777. The fourth-order valence-electron chi connectivity index (χ4n) is 8.31. The largest absolute Gasteiger partial charge is 0.462 e. The van der Waals surface area contributed by atoms with Crippen LogP contribution < -0.4 is 0 Å². The molecule has 1 unspecified atom stereocenters. The second kappa shape index (κ2) is 52.5. The second-order valence-electron chi connectivity index (χ2n) is 18.8. The minimum absolute atomic E-state index is 0.0761. The molecule has 0 aromatic carbocycles. The normalized spacial score (nSPS) is 12.1. The lowest BCUT2D eigenvalue weighted by molar-refractivity contribution is -0.167. The Bertz CT molecular complexity index is 1020. The van der Waals surface area contributed by atoms with E-state index in [-0.39, 0.29) is 31.1 Å². The molecule has 0 radical (unpaired) electrons. The third kappa shape index (κ3) is 50.7. The first-order valence-electron chi connectivity index (χ1n) is 27.8. The molecule has 0 aliphatic rings. The van der Waals surface area contributed by atoms with Crippen LogP contribution in [0.15, 0.2) is 24.3 Å². The number of esters is 3. The van der Waals surface area contributed by atoms with Crippen molar-refractivity contribution in [3.05, 3.63) is 24.3 Å². The maximum Gasteiger partial charge on any atom is 0.306 e. The van der Waals surface area contributed by atoms with Gasteiger partial charge in [-0.2, -0.15) is 0 Å². The summed E-state index contributed by atoms with van der Waals surface area (Å²) >= 11 is 0. The van der Waals surface area contributed by atoms with E-state index in [4.69, 9.17) is 14.2 Å². The van der Waals surface area contributed by atoms with Gasteiger partial charge >= 0.3 is 17.9 Å². The number of hydrogen-bond acceptors (Lipinski definition) is 6. The zero-order chi connectivity index (χ0) is 45.8. The van der Waals surface area contributed by atoms with Crippen LogP contribution in [0.4, 0.5) is 0 Å². The molecule has 6 nitrogen and oxygen atoms in total. The van der Waals surface area contributed by atoms with Crippen LogP contribution in [0.25, 0.3) is 0 Å². The molecular weight excluding hydrogens is 781 g/mol. The van der Waals surface area contributed by atoms with Gasteiger partial charge in [0.05, 0.1) is 0 Å². The molecule has 0 amide bonds. The van der Waals surface area contributed by atoms with Crippen molar-refractivity contribution in [3.63, 3.8) is 0 Å². The molecule has 0 aromatic heterocycles. The summed E-state index contributed by atoms with van der Waals surface area (Å²) in [5.74, 6) is -0.896. The summed E-state index contributed by atoms with van der Waals surface area (Å²) < 4.78 is 16.8. The summed E-state index contributed by atoms with van der Waals surface area (Å²) in [6, 6.07) is 0. The molecule has 0 bridgehead atoms.